The zero-order valence-corrected chi connectivity index (χ0v) is 17.6. The summed E-state index contributed by atoms with van der Waals surface area (Å²) in [4.78, 5) is 10.4. The Labute approximate surface area is 167 Å². The quantitative estimate of drug-likeness (QED) is 0.406. The number of aryl methyl sites for hydroxylation is 1. The first-order chi connectivity index (χ1) is 13.3. The first-order valence-electron chi connectivity index (χ1n) is 9.92. The van der Waals surface area contributed by atoms with Crippen molar-refractivity contribution >= 4 is 16.0 Å². The molecule has 1 aliphatic carbocycles. The van der Waals surface area contributed by atoms with Gasteiger partial charge in [-0.1, -0.05) is 18.6 Å². The second kappa shape index (κ2) is 10.8. The van der Waals surface area contributed by atoms with Gasteiger partial charge in [-0.15, -0.1) is 0 Å². The molecule has 0 unspecified atom stereocenters. The van der Waals surface area contributed by atoms with Gasteiger partial charge in [-0.05, 0) is 69.2 Å². The lowest BCUT2D eigenvalue weighted by Crippen LogP contribution is -2.29. The van der Waals surface area contributed by atoms with Gasteiger partial charge in [-0.25, -0.2) is 13.1 Å². The fourth-order valence-electron chi connectivity index (χ4n) is 2.84. The lowest BCUT2D eigenvalue weighted by atomic mass is 10.1. The second-order valence-electron chi connectivity index (χ2n) is 7.57. The largest absolute Gasteiger partial charge is 0.493 e. The van der Waals surface area contributed by atoms with E-state index in [9.17, 15) is 13.2 Å². The number of carboxylic acid groups (broad SMARTS) is 1. The van der Waals surface area contributed by atoms with Gasteiger partial charge in [0.1, 0.15) is 5.75 Å². The first-order valence-corrected chi connectivity index (χ1v) is 11.6. The number of aliphatic carboxylic acids is 1. The van der Waals surface area contributed by atoms with Gasteiger partial charge in [0.05, 0.1) is 18.9 Å². The summed E-state index contributed by atoms with van der Waals surface area (Å²) >= 11 is 0. The fourth-order valence-corrected chi connectivity index (χ4v) is 4.22. The van der Waals surface area contributed by atoms with Gasteiger partial charge >= 0.3 is 5.97 Å². The number of hydrogen-bond donors (Lipinski definition) is 3. The maximum absolute atomic E-state index is 12.3. The Morgan fingerprint density at radius 2 is 2.04 bits per heavy atom. The van der Waals surface area contributed by atoms with E-state index in [0.29, 0.717) is 18.9 Å². The maximum Gasteiger partial charge on any atom is 0.317 e. The summed E-state index contributed by atoms with van der Waals surface area (Å²) in [5.74, 6) is 0.660. The smallest absolute Gasteiger partial charge is 0.317 e. The van der Waals surface area contributed by atoms with Crippen LogP contribution in [-0.2, 0) is 14.8 Å². The van der Waals surface area contributed by atoms with Crippen molar-refractivity contribution in [3.05, 3.63) is 29.3 Å². The molecule has 1 aromatic rings. The number of sulfonamides is 1. The number of unbranched alkanes of at least 4 members (excludes halogenated alkanes) is 2. The van der Waals surface area contributed by atoms with Crippen molar-refractivity contribution in [1.29, 1.82) is 0 Å². The number of carbonyl (C=O) groups is 1. The molecule has 0 heterocycles. The Hall–Kier alpha value is -1.64. The zero-order chi connectivity index (χ0) is 20.6. The average Bonchev–Trinajstić information content (AvgIpc) is 3.43. The minimum atomic E-state index is -3.38. The van der Waals surface area contributed by atoms with E-state index in [1.807, 2.05) is 32.0 Å². The Balaban J connectivity index is 1.76. The molecule has 0 spiro atoms. The molecule has 0 amide bonds. The highest BCUT2D eigenvalue weighted by Gasteiger charge is 2.22. The number of ether oxygens (including phenoxy) is 1. The van der Waals surface area contributed by atoms with E-state index >= 15 is 0 Å². The minimum absolute atomic E-state index is 0.0627. The van der Waals surface area contributed by atoms with Crippen LogP contribution in [-0.4, -0.2) is 44.9 Å². The highest BCUT2D eigenvalue weighted by atomic mass is 32.2. The van der Waals surface area contributed by atoms with Gasteiger partial charge in [0, 0.05) is 6.04 Å². The summed E-state index contributed by atoms with van der Waals surface area (Å²) in [6.45, 7) is 5.06. The van der Waals surface area contributed by atoms with Crippen molar-refractivity contribution < 1.29 is 23.1 Å². The van der Waals surface area contributed by atoms with Crippen molar-refractivity contribution in [3.8, 4) is 5.75 Å². The van der Waals surface area contributed by atoms with Crippen LogP contribution in [0.3, 0.4) is 0 Å². The Kier molecular flexibility index (Phi) is 8.72. The first kappa shape index (κ1) is 22.6. The number of carboxylic acids is 1. The highest BCUT2D eigenvalue weighted by molar-refractivity contribution is 7.89. The molecule has 0 aliphatic heterocycles. The number of hydrogen-bond acceptors (Lipinski definition) is 5. The normalized spacial score (nSPS) is 15.4. The molecule has 0 bridgehead atoms. The van der Waals surface area contributed by atoms with Crippen LogP contribution in [0.5, 0.6) is 5.75 Å². The monoisotopic (exact) mass is 412 g/mol. The molecule has 2 rings (SSSR count). The van der Waals surface area contributed by atoms with Crippen LogP contribution in [0.4, 0.5) is 0 Å². The summed E-state index contributed by atoms with van der Waals surface area (Å²) < 4.78 is 33.3. The van der Waals surface area contributed by atoms with E-state index in [4.69, 9.17) is 9.84 Å². The van der Waals surface area contributed by atoms with Crippen LogP contribution in [0.2, 0.25) is 0 Å². The predicted octanol–water partition coefficient (Wildman–Crippen LogP) is 2.61. The molecule has 1 aromatic carbocycles. The molecule has 0 radical (unpaired) electrons. The third-order valence-electron chi connectivity index (χ3n) is 4.78. The fraction of sp³-hybridized carbons (Fsp3) is 0.650. The van der Waals surface area contributed by atoms with E-state index in [0.717, 1.165) is 36.3 Å². The zero-order valence-electron chi connectivity index (χ0n) is 16.7. The molecule has 28 heavy (non-hydrogen) atoms. The Bertz CT molecular complexity index is 747. The standard InChI is InChI=1S/C20H32N2O5S/c1-15-6-9-18(12-19(15)27-14-17-7-8-17)16(2)22-28(25,26)11-5-3-4-10-21-13-20(23)24/h6,9,12,16-17,21-22H,3-5,7-8,10-11,13-14H2,1-2H3,(H,23,24)/t16-/m0/s1. The molecule has 7 nitrogen and oxygen atoms in total. The van der Waals surface area contributed by atoms with E-state index < -0.39 is 16.0 Å². The molecule has 0 saturated heterocycles. The Morgan fingerprint density at radius 1 is 1.29 bits per heavy atom. The summed E-state index contributed by atoms with van der Waals surface area (Å²) in [6.07, 6.45) is 4.47. The minimum Gasteiger partial charge on any atom is -0.493 e. The van der Waals surface area contributed by atoms with Gasteiger partial charge < -0.3 is 15.2 Å². The molecule has 1 saturated carbocycles. The van der Waals surface area contributed by atoms with Crippen LogP contribution < -0.4 is 14.8 Å². The number of nitrogens with one attached hydrogen (secondary N) is 2. The maximum atomic E-state index is 12.3. The molecule has 1 aliphatic rings. The van der Waals surface area contributed by atoms with Crippen LogP contribution >= 0.6 is 0 Å². The van der Waals surface area contributed by atoms with E-state index in [-0.39, 0.29) is 18.3 Å². The van der Waals surface area contributed by atoms with E-state index in [1.165, 1.54) is 12.8 Å². The molecule has 0 aromatic heterocycles. The summed E-state index contributed by atoms with van der Waals surface area (Å²) in [5, 5.41) is 11.3. The van der Waals surface area contributed by atoms with Crippen molar-refractivity contribution in [1.82, 2.24) is 10.0 Å². The summed E-state index contributed by atoms with van der Waals surface area (Å²) in [5.41, 5.74) is 1.94. The van der Waals surface area contributed by atoms with Crippen LogP contribution in [0, 0.1) is 12.8 Å². The molecular formula is C20H32N2O5S. The average molecular weight is 413 g/mol. The second-order valence-corrected chi connectivity index (χ2v) is 9.44. The molecule has 158 valence electrons. The van der Waals surface area contributed by atoms with Gasteiger partial charge in [0.2, 0.25) is 10.0 Å². The van der Waals surface area contributed by atoms with Gasteiger partial charge in [-0.2, -0.15) is 0 Å². The molecule has 1 atom stereocenters. The van der Waals surface area contributed by atoms with Gasteiger partial charge in [-0.3, -0.25) is 4.79 Å². The lowest BCUT2D eigenvalue weighted by Gasteiger charge is -2.17. The number of benzene rings is 1. The summed E-state index contributed by atoms with van der Waals surface area (Å²) in [6, 6.07) is 5.50. The van der Waals surface area contributed by atoms with Gasteiger partial charge in [0.25, 0.3) is 0 Å². The molecule has 1 fully saturated rings. The van der Waals surface area contributed by atoms with Crippen LogP contribution in [0.25, 0.3) is 0 Å². The van der Waals surface area contributed by atoms with Crippen molar-refractivity contribution in [2.24, 2.45) is 5.92 Å². The Morgan fingerprint density at radius 3 is 2.71 bits per heavy atom. The van der Waals surface area contributed by atoms with E-state index in [2.05, 4.69) is 10.0 Å². The highest BCUT2D eigenvalue weighted by Crippen LogP contribution is 2.31. The van der Waals surface area contributed by atoms with Crippen LogP contribution in [0.1, 0.15) is 56.2 Å². The van der Waals surface area contributed by atoms with Crippen molar-refractivity contribution in [2.45, 2.75) is 52.0 Å². The predicted molar refractivity (Wildman–Crippen MR) is 109 cm³/mol. The lowest BCUT2D eigenvalue weighted by molar-refractivity contribution is -0.135. The molecular weight excluding hydrogens is 380 g/mol. The topological polar surface area (TPSA) is 105 Å². The third kappa shape index (κ3) is 8.58. The third-order valence-corrected chi connectivity index (χ3v) is 6.32. The SMILES string of the molecule is Cc1ccc([C@H](C)NS(=O)(=O)CCCCCNCC(=O)O)cc1OCC1CC1. The van der Waals surface area contributed by atoms with Crippen molar-refractivity contribution in [2.75, 3.05) is 25.4 Å². The number of rotatable bonds is 14. The van der Waals surface area contributed by atoms with Crippen molar-refractivity contribution in [3.63, 3.8) is 0 Å². The summed E-state index contributed by atoms with van der Waals surface area (Å²) in [7, 11) is -3.38. The van der Waals surface area contributed by atoms with Crippen LogP contribution in [0.15, 0.2) is 18.2 Å². The van der Waals surface area contributed by atoms with E-state index in [1.54, 1.807) is 0 Å². The van der Waals surface area contributed by atoms with Gasteiger partial charge in [0.15, 0.2) is 0 Å². The molecule has 3 N–H and O–H groups in total. The molecule has 8 heteroatoms.